The van der Waals surface area contributed by atoms with Crippen molar-refractivity contribution in [3.8, 4) is 0 Å². The summed E-state index contributed by atoms with van der Waals surface area (Å²) in [5, 5.41) is 14.2. The predicted molar refractivity (Wildman–Crippen MR) is 150 cm³/mol. The van der Waals surface area contributed by atoms with Crippen LogP contribution in [-0.2, 0) is 0 Å². The number of amides is 1. The largest absolute Gasteiger partial charge is 0.338 e. The lowest BCUT2D eigenvalue weighted by Gasteiger charge is -2.32. The van der Waals surface area contributed by atoms with E-state index in [9.17, 15) is 4.79 Å². The van der Waals surface area contributed by atoms with Gasteiger partial charge in [0.2, 0.25) is 11.9 Å². The van der Waals surface area contributed by atoms with E-state index in [0.717, 1.165) is 42.5 Å². The quantitative estimate of drug-likeness (QED) is 0.301. The van der Waals surface area contributed by atoms with E-state index in [4.69, 9.17) is 9.97 Å². The number of aromatic nitrogens is 5. The molecule has 5 rings (SSSR count). The van der Waals surface area contributed by atoms with Crippen molar-refractivity contribution in [3.05, 3.63) is 71.9 Å². The Morgan fingerprint density at radius 1 is 0.974 bits per heavy atom. The van der Waals surface area contributed by atoms with Crippen molar-refractivity contribution in [2.45, 2.75) is 29.8 Å². The summed E-state index contributed by atoms with van der Waals surface area (Å²) in [4.78, 5) is 32.0. The lowest BCUT2D eigenvalue weighted by Crippen LogP contribution is -2.45. The van der Waals surface area contributed by atoms with E-state index in [2.05, 4.69) is 56.5 Å². The SMILES string of the molecule is CC(C)c1cc(Nc2nc(Sc3ccc(NC(=O)c4ccccc4)cc3)nc(N3CCN(C)CC3)n2)n[nH]1. The van der Waals surface area contributed by atoms with Crippen molar-refractivity contribution in [2.75, 3.05) is 48.8 Å². The topological polar surface area (TPSA) is 115 Å². The van der Waals surface area contributed by atoms with Gasteiger partial charge in [-0.3, -0.25) is 9.89 Å². The number of likely N-dealkylation sites (N-methyl/N-ethyl adjacent to an activating group) is 1. The summed E-state index contributed by atoms with van der Waals surface area (Å²) in [5.41, 5.74) is 2.37. The fraction of sp³-hybridized carbons (Fsp3) is 0.296. The lowest BCUT2D eigenvalue weighted by atomic mass is 10.1. The Balaban J connectivity index is 1.34. The van der Waals surface area contributed by atoms with Gasteiger partial charge in [0.1, 0.15) is 0 Å². The van der Waals surface area contributed by atoms with Crippen LogP contribution in [0.3, 0.4) is 0 Å². The maximum atomic E-state index is 12.5. The molecule has 2 aromatic carbocycles. The highest BCUT2D eigenvalue weighted by atomic mass is 32.2. The summed E-state index contributed by atoms with van der Waals surface area (Å²) in [5.74, 6) is 1.95. The van der Waals surface area contributed by atoms with Gasteiger partial charge in [0.15, 0.2) is 11.0 Å². The summed E-state index contributed by atoms with van der Waals surface area (Å²) < 4.78 is 0. The summed E-state index contributed by atoms with van der Waals surface area (Å²) in [6.45, 7) is 7.81. The molecule has 10 nitrogen and oxygen atoms in total. The highest BCUT2D eigenvalue weighted by Crippen LogP contribution is 2.29. The minimum absolute atomic E-state index is 0.144. The van der Waals surface area contributed by atoms with E-state index < -0.39 is 0 Å². The Bertz CT molecular complexity index is 1370. The van der Waals surface area contributed by atoms with Crippen LogP contribution >= 0.6 is 11.8 Å². The van der Waals surface area contributed by atoms with E-state index in [-0.39, 0.29) is 5.91 Å². The van der Waals surface area contributed by atoms with Crippen molar-refractivity contribution >= 4 is 41.1 Å². The first-order valence-corrected chi connectivity index (χ1v) is 13.4. The molecular weight excluding hydrogens is 498 g/mol. The normalized spacial score (nSPS) is 14.1. The van der Waals surface area contributed by atoms with Gasteiger partial charge in [-0.25, -0.2) is 0 Å². The van der Waals surface area contributed by atoms with Crippen LogP contribution in [0.5, 0.6) is 0 Å². The number of H-pyrrole nitrogens is 1. The van der Waals surface area contributed by atoms with Crippen LogP contribution in [0.15, 0.2) is 70.7 Å². The second-order valence-electron chi connectivity index (χ2n) is 9.47. The summed E-state index contributed by atoms with van der Waals surface area (Å²) in [6, 6.07) is 18.8. The fourth-order valence-corrected chi connectivity index (χ4v) is 4.65. The van der Waals surface area contributed by atoms with Gasteiger partial charge < -0.3 is 20.4 Å². The molecule has 38 heavy (non-hydrogen) atoms. The Morgan fingerprint density at radius 3 is 2.39 bits per heavy atom. The number of anilines is 4. The third-order valence-corrected chi connectivity index (χ3v) is 7.08. The number of nitrogens with one attached hydrogen (secondary N) is 3. The molecule has 1 aliphatic heterocycles. The number of aromatic amines is 1. The molecule has 1 amide bonds. The number of carbonyl (C=O) groups excluding carboxylic acids is 1. The number of rotatable bonds is 8. The fourth-order valence-electron chi connectivity index (χ4n) is 3.91. The summed E-state index contributed by atoms with van der Waals surface area (Å²) in [6.07, 6.45) is 0. The van der Waals surface area contributed by atoms with Crippen LogP contribution in [0.25, 0.3) is 0 Å². The van der Waals surface area contributed by atoms with Crippen molar-refractivity contribution < 1.29 is 4.79 Å². The van der Waals surface area contributed by atoms with Crippen molar-refractivity contribution in [3.63, 3.8) is 0 Å². The van der Waals surface area contributed by atoms with E-state index in [0.29, 0.717) is 34.4 Å². The second kappa shape index (κ2) is 11.6. The van der Waals surface area contributed by atoms with Crippen LogP contribution in [0.4, 0.5) is 23.4 Å². The maximum absolute atomic E-state index is 12.5. The first kappa shape index (κ1) is 25.7. The molecule has 0 saturated carbocycles. The Kier molecular flexibility index (Phi) is 7.85. The maximum Gasteiger partial charge on any atom is 0.255 e. The Hall–Kier alpha value is -3.96. The van der Waals surface area contributed by atoms with Gasteiger partial charge in [0, 0.05) is 54.1 Å². The van der Waals surface area contributed by atoms with Crippen molar-refractivity contribution in [1.82, 2.24) is 30.0 Å². The lowest BCUT2D eigenvalue weighted by molar-refractivity contribution is 0.102. The van der Waals surface area contributed by atoms with Crippen molar-refractivity contribution in [1.29, 1.82) is 0 Å². The highest BCUT2D eigenvalue weighted by molar-refractivity contribution is 7.99. The number of piperazine rings is 1. The molecular formula is C27H31N9OS. The molecule has 3 N–H and O–H groups in total. The molecule has 11 heteroatoms. The van der Waals surface area contributed by atoms with Gasteiger partial charge in [0.05, 0.1) is 0 Å². The van der Waals surface area contributed by atoms with Crippen LogP contribution in [0.2, 0.25) is 0 Å². The summed E-state index contributed by atoms with van der Waals surface area (Å²) in [7, 11) is 2.12. The molecule has 0 atom stereocenters. The van der Waals surface area contributed by atoms with Crippen LogP contribution in [0, 0.1) is 0 Å². The molecule has 0 radical (unpaired) electrons. The van der Waals surface area contributed by atoms with Gasteiger partial charge in [-0.1, -0.05) is 32.0 Å². The minimum atomic E-state index is -0.144. The average Bonchev–Trinajstić information content (AvgIpc) is 3.39. The molecule has 4 aromatic rings. The van der Waals surface area contributed by atoms with Gasteiger partial charge in [-0.05, 0) is 61.1 Å². The van der Waals surface area contributed by atoms with Gasteiger partial charge in [0.25, 0.3) is 5.91 Å². The van der Waals surface area contributed by atoms with E-state index >= 15 is 0 Å². The molecule has 0 aliphatic carbocycles. The highest BCUT2D eigenvalue weighted by Gasteiger charge is 2.19. The zero-order valence-corrected chi connectivity index (χ0v) is 22.5. The number of carbonyl (C=O) groups is 1. The van der Waals surface area contributed by atoms with Gasteiger partial charge in [-0.15, -0.1) is 0 Å². The first-order chi connectivity index (χ1) is 18.4. The smallest absolute Gasteiger partial charge is 0.255 e. The molecule has 1 saturated heterocycles. The number of hydrogen-bond acceptors (Lipinski definition) is 9. The number of nitrogens with zero attached hydrogens (tertiary/aromatic N) is 6. The average molecular weight is 530 g/mol. The number of hydrogen-bond donors (Lipinski definition) is 3. The first-order valence-electron chi connectivity index (χ1n) is 12.6. The van der Waals surface area contributed by atoms with Gasteiger partial charge >= 0.3 is 0 Å². The predicted octanol–water partition coefficient (Wildman–Crippen LogP) is 4.62. The van der Waals surface area contributed by atoms with Gasteiger partial charge in [-0.2, -0.15) is 20.1 Å². The third-order valence-electron chi connectivity index (χ3n) is 6.21. The molecule has 0 unspecified atom stereocenters. The molecule has 1 fully saturated rings. The molecule has 2 aromatic heterocycles. The molecule has 0 bridgehead atoms. The summed E-state index contributed by atoms with van der Waals surface area (Å²) >= 11 is 1.44. The standard InChI is InChI=1S/C27H31N9OS/c1-18(2)22-17-23(34-33-22)29-25-30-26(36-15-13-35(3)14-16-36)32-27(31-25)38-21-11-9-20(10-12-21)28-24(37)19-7-5-4-6-8-19/h4-12,17-18H,13-16H2,1-3H3,(H,28,37)(H2,29,30,31,32,33,34). The zero-order valence-electron chi connectivity index (χ0n) is 21.7. The van der Waals surface area contributed by atoms with E-state index in [1.54, 1.807) is 12.1 Å². The van der Waals surface area contributed by atoms with Crippen LogP contribution in [0.1, 0.15) is 35.8 Å². The second-order valence-corrected chi connectivity index (χ2v) is 10.5. The van der Waals surface area contributed by atoms with Crippen LogP contribution < -0.4 is 15.5 Å². The number of benzene rings is 2. The minimum Gasteiger partial charge on any atom is -0.338 e. The van der Waals surface area contributed by atoms with E-state index in [1.807, 2.05) is 48.5 Å². The Morgan fingerprint density at radius 2 is 1.71 bits per heavy atom. The van der Waals surface area contributed by atoms with Crippen LogP contribution in [-0.4, -0.2) is 69.2 Å². The zero-order chi connectivity index (χ0) is 26.5. The third kappa shape index (κ3) is 6.48. The molecule has 0 spiro atoms. The van der Waals surface area contributed by atoms with Crippen molar-refractivity contribution in [2.24, 2.45) is 0 Å². The molecule has 3 heterocycles. The molecule has 1 aliphatic rings. The molecule has 196 valence electrons. The monoisotopic (exact) mass is 529 g/mol. The van der Waals surface area contributed by atoms with E-state index in [1.165, 1.54) is 11.8 Å². The Labute approximate surface area is 226 Å².